The van der Waals surface area contributed by atoms with Gasteiger partial charge in [-0.05, 0) is 18.6 Å². The second-order valence-corrected chi connectivity index (χ2v) is 4.83. The van der Waals surface area contributed by atoms with Crippen LogP contribution in [0.4, 0.5) is 8.78 Å². The predicted octanol–water partition coefficient (Wildman–Crippen LogP) is 2.96. The third kappa shape index (κ3) is 2.70. The molecule has 0 saturated carbocycles. The number of hydrogen-bond acceptors (Lipinski definition) is 3. The Morgan fingerprint density at radius 3 is 2.58 bits per heavy atom. The van der Waals surface area contributed by atoms with Crippen LogP contribution >= 0.6 is 15.9 Å². The van der Waals surface area contributed by atoms with Crippen molar-refractivity contribution in [1.29, 1.82) is 0 Å². The molecule has 0 radical (unpaired) electrons. The van der Waals surface area contributed by atoms with E-state index in [0.717, 1.165) is 18.6 Å². The highest BCUT2D eigenvalue weighted by atomic mass is 79.9. The number of aryl methyl sites for hydroxylation is 1. The molecule has 0 aliphatic carbocycles. The van der Waals surface area contributed by atoms with Crippen molar-refractivity contribution in [2.75, 3.05) is 0 Å². The first-order chi connectivity index (χ1) is 9.04. The van der Waals surface area contributed by atoms with Crippen molar-refractivity contribution in [3.8, 4) is 0 Å². The minimum absolute atomic E-state index is 0.0713. The van der Waals surface area contributed by atoms with E-state index in [4.69, 9.17) is 0 Å². The van der Waals surface area contributed by atoms with Crippen LogP contribution in [0.1, 0.15) is 29.4 Å². The molecule has 0 fully saturated rings. The molecule has 0 N–H and O–H groups in total. The molecule has 0 bridgehead atoms. The Bertz CT molecular complexity index is 604. The van der Waals surface area contributed by atoms with Crippen LogP contribution < -0.4 is 0 Å². The third-order valence-electron chi connectivity index (χ3n) is 2.52. The van der Waals surface area contributed by atoms with Gasteiger partial charge in [-0.15, -0.1) is 5.10 Å². The minimum atomic E-state index is -0.916. The highest BCUT2D eigenvalue weighted by Crippen LogP contribution is 2.21. The molecule has 0 aliphatic heterocycles. The summed E-state index contributed by atoms with van der Waals surface area (Å²) < 4.78 is 29.0. The standard InChI is InChI=1S/C12H10BrF2N3O/c1-2-3-18-10(6-16-17-18)12(19)11-8(14)4-7(13)5-9(11)15/h4-6H,2-3H2,1H3. The lowest BCUT2D eigenvalue weighted by atomic mass is 10.1. The molecule has 0 aliphatic rings. The van der Waals surface area contributed by atoms with Crippen molar-refractivity contribution in [3.05, 3.63) is 45.7 Å². The van der Waals surface area contributed by atoms with Gasteiger partial charge < -0.3 is 0 Å². The third-order valence-corrected chi connectivity index (χ3v) is 2.98. The molecule has 0 atom stereocenters. The average molecular weight is 330 g/mol. The Labute approximate surface area is 116 Å². The molecule has 0 amide bonds. The van der Waals surface area contributed by atoms with E-state index in [1.165, 1.54) is 10.9 Å². The largest absolute Gasteiger partial charge is 0.287 e. The number of aromatic nitrogens is 3. The summed E-state index contributed by atoms with van der Waals surface area (Å²) in [4.78, 5) is 12.2. The Hall–Kier alpha value is -1.63. The molecule has 2 rings (SSSR count). The summed E-state index contributed by atoms with van der Waals surface area (Å²) in [6, 6.07) is 2.09. The monoisotopic (exact) mass is 329 g/mol. The lowest BCUT2D eigenvalue weighted by molar-refractivity contribution is 0.102. The van der Waals surface area contributed by atoms with E-state index >= 15 is 0 Å². The first-order valence-corrected chi connectivity index (χ1v) is 6.41. The summed E-state index contributed by atoms with van der Waals surface area (Å²) >= 11 is 2.96. The van der Waals surface area contributed by atoms with E-state index in [2.05, 4.69) is 26.2 Å². The molecule has 100 valence electrons. The van der Waals surface area contributed by atoms with Gasteiger partial charge in [0.15, 0.2) is 0 Å². The number of halogens is 3. The highest BCUT2D eigenvalue weighted by molar-refractivity contribution is 9.10. The molecule has 1 aromatic heterocycles. The maximum atomic E-state index is 13.7. The maximum Gasteiger partial charge on any atom is 0.218 e. The lowest BCUT2D eigenvalue weighted by Gasteiger charge is -2.06. The summed E-state index contributed by atoms with van der Waals surface area (Å²) in [5, 5.41) is 7.32. The first kappa shape index (κ1) is 13.8. The van der Waals surface area contributed by atoms with Gasteiger partial charge >= 0.3 is 0 Å². The molecule has 7 heteroatoms. The van der Waals surface area contributed by atoms with Crippen molar-refractivity contribution >= 4 is 21.7 Å². The molecule has 1 heterocycles. The number of carbonyl (C=O) groups excluding carboxylic acids is 1. The quantitative estimate of drug-likeness (QED) is 0.810. The van der Waals surface area contributed by atoms with Gasteiger partial charge in [-0.25, -0.2) is 13.5 Å². The molecule has 19 heavy (non-hydrogen) atoms. The molecule has 1 aromatic carbocycles. The van der Waals surface area contributed by atoms with E-state index in [0.29, 0.717) is 6.54 Å². The van der Waals surface area contributed by atoms with Crippen molar-refractivity contribution in [2.45, 2.75) is 19.9 Å². The van der Waals surface area contributed by atoms with Crippen LogP contribution in [0.15, 0.2) is 22.8 Å². The topological polar surface area (TPSA) is 47.8 Å². The van der Waals surface area contributed by atoms with Gasteiger partial charge in [0.2, 0.25) is 5.78 Å². The second kappa shape index (κ2) is 5.56. The molecular weight excluding hydrogens is 320 g/mol. The molecule has 0 saturated heterocycles. The van der Waals surface area contributed by atoms with Crippen LogP contribution in [-0.2, 0) is 6.54 Å². The van der Waals surface area contributed by atoms with Crippen molar-refractivity contribution in [1.82, 2.24) is 15.0 Å². The summed E-state index contributed by atoms with van der Waals surface area (Å²) in [5.74, 6) is -2.59. The fourth-order valence-electron chi connectivity index (χ4n) is 1.70. The zero-order valence-electron chi connectivity index (χ0n) is 10.0. The second-order valence-electron chi connectivity index (χ2n) is 3.92. The van der Waals surface area contributed by atoms with E-state index in [1.807, 2.05) is 6.92 Å². The van der Waals surface area contributed by atoms with Crippen LogP contribution in [0.25, 0.3) is 0 Å². The SMILES string of the molecule is CCCn1nncc1C(=O)c1c(F)cc(Br)cc1F. The molecule has 4 nitrogen and oxygen atoms in total. The average Bonchev–Trinajstić information content (AvgIpc) is 2.76. The normalized spacial score (nSPS) is 10.7. The summed E-state index contributed by atoms with van der Waals surface area (Å²) in [5.41, 5.74) is -0.523. The van der Waals surface area contributed by atoms with Crippen LogP contribution in [0.3, 0.4) is 0 Å². The van der Waals surface area contributed by atoms with Gasteiger partial charge in [0.25, 0.3) is 0 Å². The van der Waals surface area contributed by atoms with Crippen LogP contribution in [0, 0.1) is 11.6 Å². The van der Waals surface area contributed by atoms with Gasteiger partial charge in [0.1, 0.15) is 17.3 Å². The fourth-order valence-corrected chi connectivity index (χ4v) is 2.10. The molecular formula is C12H10BrF2N3O. The Morgan fingerprint density at radius 1 is 1.37 bits per heavy atom. The summed E-state index contributed by atoms with van der Waals surface area (Å²) in [7, 11) is 0. The van der Waals surface area contributed by atoms with E-state index in [9.17, 15) is 13.6 Å². The smallest absolute Gasteiger partial charge is 0.218 e. The van der Waals surface area contributed by atoms with Crippen LogP contribution in [0.2, 0.25) is 0 Å². The zero-order valence-corrected chi connectivity index (χ0v) is 11.6. The fraction of sp³-hybridized carbons (Fsp3) is 0.250. The first-order valence-electron chi connectivity index (χ1n) is 5.62. The number of ketones is 1. The highest BCUT2D eigenvalue weighted by Gasteiger charge is 2.23. The van der Waals surface area contributed by atoms with Crippen molar-refractivity contribution in [3.63, 3.8) is 0 Å². The Balaban J connectivity index is 2.47. The van der Waals surface area contributed by atoms with Crippen molar-refractivity contribution in [2.24, 2.45) is 0 Å². The van der Waals surface area contributed by atoms with Gasteiger partial charge in [-0.2, -0.15) is 0 Å². The number of nitrogens with zero attached hydrogens (tertiary/aromatic N) is 3. The van der Waals surface area contributed by atoms with Crippen molar-refractivity contribution < 1.29 is 13.6 Å². The molecule has 2 aromatic rings. The van der Waals surface area contributed by atoms with E-state index in [-0.39, 0.29) is 10.2 Å². The predicted molar refractivity (Wildman–Crippen MR) is 67.8 cm³/mol. The molecule has 0 spiro atoms. The number of benzene rings is 1. The maximum absolute atomic E-state index is 13.7. The number of hydrogen-bond donors (Lipinski definition) is 0. The lowest BCUT2D eigenvalue weighted by Crippen LogP contribution is -2.14. The number of carbonyl (C=O) groups is 1. The minimum Gasteiger partial charge on any atom is -0.287 e. The van der Waals surface area contributed by atoms with Gasteiger partial charge in [-0.3, -0.25) is 4.79 Å². The van der Waals surface area contributed by atoms with Gasteiger partial charge in [-0.1, -0.05) is 28.1 Å². The zero-order chi connectivity index (χ0) is 14.0. The van der Waals surface area contributed by atoms with E-state index in [1.54, 1.807) is 0 Å². The van der Waals surface area contributed by atoms with Gasteiger partial charge in [0, 0.05) is 11.0 Å². The van der Waals surface area contributed by atoms with Crippen LogP contribution in [0.5, 0.6) is 0 Å². The van der Waals surface area contributed by atoms with Gasteiger partial charge in [0.05, 0.1) is 11.8 Å². The van der Waals surface area contributed by atoms with E-state index < -0.39 is 23.0 Å². The summed E-state index contributed by atoms with van der Waals surface area (Å²) in [6.07, 6.45) is 1.94. The Kier molecular flexibility index (Phi) is 4.04. The number of rotatable bonds is 4. The Morgan fingerprint density at radius 2 is 2.00 bits per heavy atom. The van der Waals surface area contributed by atoms with Crippen LogP contribution in [-0.4, -0.2) is 20.8 Å². The summed E-state index contributed by atoms with van der Waals surface area (Å²) in [6.45, 7) is 2.36. The molecule has 0 unspecified atom stereocenters.